The molecule has 0 amide bonds. The van der Waals surface area contributed by atoms with Crippen LogP contribution in [0.5, 0.6) is 5.75 Å². The van der Waals surface area contributed by atoms with Crippen LogP contribution in [0.2, 0.25) is 0 Å². The van der Waals surface area contributed by atoms with Crippen LogP contribution in [0.4, 0.5) is 4.39 Å². The zero-order valence-electron chi connectivity index (χ0n) is 6.58. The quantitative estimate of drug-likeness (QED) is 0.704. The summed E-state index contributed by atoms with van der Waals surface area (Å²) in [6.45, 7) is 0. The minimum Gasteiger partial charge on any atom is -0.508 e. The van der Waals surface area contributed by atoms with Crippen LogP contribution in [0.25, 0.3) is 0 Å². The number of nitrogens with zero attached hydrogens (tertiary/aromatic N) is 2. The van der Waals surface area contributed by atoms with E-state index in [0.29, 0.717) is 0 Å². The summed E-state index contributed by atoms with van der Waals surface area (Å²) in [6.07, 6.45) is -0.243. The minimum absolute atomic E-state index is 0.124. The third-order valence-corrected chi connectivity index (χ3v) is 1.59. The zero-order chi connectivity index (χ0) is 9.84. The fourth-order valence-electron chi connectivity index (χ4n) is 0.945. The van der Waals surface area contributed by atoms with Crippen molar-refractivity contribution in [2.45, 2.75) is 6.42 Å². The summed E-state index contributed by atoms with van der Waals surface area (Å²) in [5.74, 6) is -1.11. The van der Waals surface area contributed by atoms with Gasteiger partial charge in [-0.25, -0.2) is 4.39 Å². The van der Waals surface area contributed by atoms with Crippen molar-refractivity contribution in [1.29, 1.82) is 10.5 Å². The zero-order valence-corrected chi connectivity index (χ0v) is 6.58. The summed E-state index contributed by atoms with van der Waals surface area (Å²) in [5, 5.41) is 25.9. The van der Waals surface area contributed by atoms with Gasteiger partial charge in [0.1, 0.15) is 17.6 Å². The van der Waals surface area contributed by atoms with Crippen molar-refractivity contribution in [3.05, 3.63) is 29.1 Å². The molecule has 0 heterocycles. The number of aromatic hydroxyl groups is 1. The van der Waals surface area contributed by atoms with Crippen molar-refractivity contribution in [2.75, 3.05) is 0 Å². The smallest absolute Gasteiger partial charge is 0.148 e. The van der Waals surface area contributed by atoms with Gasteiger partial charge in [-0.05, 0) is 12.1 Å². The largest absolute Gasteiger partial charge is 0.508 e. The van der Waals surface area contributed by atoms with E-state index in [-0.39, 0.29) is 23.3 Å². The Morgan fingerprint density at radius 3 is 2.62 bits per heavy atom. The fourth-order valence-corrected chi connectivity index (χ4v) is 0.945. The normalized spacial score (nSPS) is 8.85. The number of rotatable bonds is 1. The monoisotopic (exact) mass is 176 g/mol. The van der Waals surface area contributed by atoms with Gasteiger partial charge in [0, 0.05) is 5.56 Å². The first-order valence-electron chi connectivity index (χ1n) is 3.48. The average molecular weight is 176 g/mol. The SMILES string of the molecule is N#CCc1c(O)ccc(C#N)c1F. The van der Waals surface area contributed by atoms with Crippen LogP contribution < -0.4 is 0 Å². The Morgan fingerprint density at radius 2 is 2.08 bits per heavy atom. The highest BCUT2D eigenvalue weighted by molar-refractivity contribution is 5.43. The molecule has 64 valence electrons. The first kappa shape index (κ1) is 9.02. The Hall–Kier alpha value is -2.07. The van der Waals surface area contributed by atoms with E-state index in [1.54, 1.807) is 12.1 Å². The number of hydrogen-bond acceptors (Lipinski definition) is 3. The van der Waals surface area contributed by atoms with Gasteiger partial charge in [0.15, 0.2) is 0 Å². The van der Waals surface area contributed by atoms with E-state index in [4.69, 9.17) is 15.6 Å². The van der Waals surface area contributed by atoms with Crippen molar-refractivity contribution >= 4 is 0 Å². The third kappa shape index (κ3) is 1.57. The summed E-state index contributed by atoms with van der Waals surface area (Å²) >= 11 is 0. The van der Waals surface area contributed by atoms with Crippen molar-refractivity contribution in [1.82, 2.24) is 0 Å². The van der Waals surface area contributed by atoms with Gasteiger partial charge in [-0.15, -0.1) is 0 Å². The standard InChI is InChI=1S/C9H5FN2O/c10-9-6(5-12)1-2-8(13)7(9)3-4-11/h1-2,13H,3H2. The molecule has 0 unspecified atom stereocenters. The van der Waals surface area contributed by atoms with Crippen LogP contribution in [0.1, 0.15) is 11.1 Å². The average Bonchev–Trinajstić information content (AvgIpc) is 2.12. The summed E-state index contributed by atoms with van der Waals surface area (Å²) in [6, 6.07) is 5.71. The van der Waals surface area contributed by atoms with Crippen LogP contribution in [-0.4, -0.2) is 5.11 Å². The second-order valence-corrected chi connectivity index (χ2v) is 2.37. The van der Waals surface area contributed by atoms with Gasteiger partial charge in [-0.2, -0.15) is 10.5 Å². The van der Waals surface area contributed by atoms with Gasteiger partial charge in [0.25, 0.3) is 0 Å². The molecule has 0 saturated carbocycles. The van der Waals surface area contributed by atoms with Crippen molar-refractivity contribution in [3.8, 4) is 17.9 Å². The lowest BCUT2D eigenvalue weighted by Crippen LogP contribution is -1.93. The number of phenols is 1. The van der Waals surface area contributed by atoms with E-state index >= 15 is 0 Å². The van der Waals surface area contributed by atoms with Gasteiger partial charge >= 0.3 is 0 Å². The maximum Gasteiger partial charge on any atom is 0.148 e. The summed E-state index contributed by atoms with van der Waals surface area (Å²) in [5.41, 5.74) is -0.287. The molecule has 3 nitrogen and oxygen atoms in total. The Morgan fingerprint density at radius 1 is 1.38 bits per heavy atom. The van der Waals surface area contributed by atoms with Crippen LogP contribution in [-0.2, 0) is 6.42 Å². The van der Waals surface area contributed by atoms with E-state index in [2.05, 4.69) is 0 Å². The van der Waals surface area contributed by atoms with Crippen molar-refractivity contribution in [2.24, 2.45) is 0 Å². The molecule has 4 heteroatoms. The van der Waals surface area contributed by atoms with E-state index < -0.39 is 5.82 Å². The van der Waals surface area contributed by atoms with Crippen LogP contribution in [0.15, 0.2) is 12.1 Å². The van der Waals surface area contributed by atoms with Gasteiger partial charge < -0.3 is 5.11 Å². The predicted octanol–water partition coefficient (Wildman–Crippen LogP) is 1.47. The molecule has 0 fully saturated rings. The number of hydrogen-bond donors (Lipinski definition) is 1. The molecular weight excluding hydrogens is 171 g/mol. The molecular formula is C9H5FN2O. The van der Waals surface area contributed by atoms with E-state index in [9.17, 15) is 4.39 Å². The molecule has 0 aliphatic rings. The topological polar surface area (TPSA) is 67.8 Å². The molecule has 0 atom stereocenters. The molecule has 0 spiro atoms. The molecule has 1 aromatic carbocycles. The lowest BCUT2D eigenvalue weighted by molar-refractivity contribution is 0.461. The molecule has 1 rings (SSSR count). The fraction of sp³-hybridized carbons (Fsp3) is 0.111. The molecule has 0 aliphatic heterocycles. The van der Waals surface area contributed by atoms with Crippen molar-refractivity contribution in [3.63, 3.8) is 0 Å². The Balaban J connectivity index is 3.33. The van der Waals surface area contributed by atoms with Gasteiger partial charge in [0.2, 0.25) is 0 Å². The number of benzene rings is 1. The second kappa shape index (κ2) is 3.55. The Labute approximate surface area is 74.3 Å². The maximum atomic E-state index is 13.2. The second-order valence-electron chi connectivity index (χ2n) is 2.37. The lowest BCUT2D eigenvalue weighted by Gasteiger charge is -2.02. The number of nitriles is 2. The number of phenolic OH excluding ortho intramolecular Hbond substituents is 1. The van der Waals surface area contributed by atoms with Crippen LogP contribution in [0.3, 0.4) is 0 Å². The van der Waals surface area contributed by atoms with Crippen LogP contribution in [0, 0.1) is 28.5 Å². The van der Waals surface area contributed by atoms with Gasteiger partial charge in [0.05, 0.1) is 18.1 Å². The molecule has 0 aromatic heterocycles. The van der Waals surface area contributed by atoms with E-state index in [0.717, 1.165) is 0 Å². The maximum absolute atomic E-state index is 13.2. The number of halogens is 1. The summed E-state index contributed by atoms with van der Waals surface area (Å²) in [7, 11) is 0. The van der Waals surface area contributed by atoms with E-state index in [1.165, 1.54) is 12.1 Å². The minimum atomic E-state index is -0.816. The summed E-state index contributed by atoms with van der Waals surface area (Å²) in [4.78, 5) is 0. The van der Waals surface area contributed by atoms with Gasteiger partial charge in [-0.1, -0.05) is 0 Å². The molecule has 1 N–H and O–H groups in total. The first-order valence-corrected chi connectivity index (χ1v) is 3.48. The first-order chi connectivity index (χ1) is 6.20. The molecule has 0 radical (unpaired) electrons. The van der Waals surface area contributed by atoms with Crippen molar-refractivity contribution < 1.29 is 9.50 Å². The summed E-state index contributed by atoms with van der Waals surface area (Å²) < 4.78 is 13.2. The Kier molecular flexibility index (Phi) is 2.47. The lowest BCUT2D eigenvalue weighted by atomic mass is 10.1. The predicted molar refractivity (Wildman–Crippen MR) is 42.1 cm³/mol. The third-order valence-electron chi connectivity index (χ3n) is 1.59. The molecule has 1 aromatic rings. The van der Waals surface area contributed by atoms with Crippen LogP contribution >= 0.6 is 0 Å². The van der Waals surface area contributed by atoms with E-state index in [1.807, 2.05) is 0 Å². The Bertz CT molecular complexity index is 415. The molecule has 0 bridgehead atoms. The highest BCUT2D eigenvalue weighted by Gasteiger charge is 2.11. The highest BCUT2D eigenvalue weighted by atomic mass is 19.1. The molecule has 13 heavy (non-hydrogen) atoms. The van der Waals surface area contributed by atoms with Gasteiger partial charge in [-0.3, -0.25) is 0 Å². The highest BCUT2D eigenvalue weighted by Crippen LogP contribution is 2.22. The molecule has 0 saturated heterocycles. The molecule has 0 aliphatic carbocycles.